The normalized spacial score (nSPS) is 27.9. The fourth-order valence-corrected chi connectivity index (χ4v) is 3.63. The summed E-state index contributed by atoms with van der Waals surface area (Å²) in [5.41, 5.74) is 0.424. The Hall–Kier alpha value is -0.160. The van der Waals surface area contributed by atoms with Gasteiger partial charge < -0.3 is 19.7 Å². The number of nitrogens with one attached hydrogen (secondary N) is 1. The molecule has 2 aliphatic heterocycles. The molecule has 1 aliphatic carbocycles. The van der Waals surface area contributed by atoms with Gasteiger partial charge in [-0.1, -0.05) is 0 Å². The van der Waals surface area contributed by atoms with Gasteiger partial charge in [-0.2, -0.15) is 0 Å². The van der Waals surface area contributed by atoms with Crippen LogP contribution in [0.5, 0.6) is 0 Å². The molecule has 0 aromatic rings. The molecule has 0 radical (unpaired) electrons. The molecule has 0 spiro atoms. The fourth-order valence-electron chi connectivity index (χ4n) is 3.63. The molecule has 2 heterocycles. The van der Waals surface area contributed by atoms with Crippen LogP contribution in [0.4, 0.5) is 0 Å². The van der Waals surface area contributed by atoms with E-state index in [1.54, 1.807) is 0 Å². The summed E-state index contributed by atoms with van der Waals surface area (Å²) in [5, 5.41) is 3.77. The van der Waals surface area contributed by atoms with Gasteiger partial charge in [-0.05, 0) is 51.0 Å². The lowest BCUT2D eigenvalue weighted by molar-refractivity contribution is -0.0209. The second-order valence-corrected chi connectivity index (χ2v) is 7.03. The van der Waals surface area contributed by atoms with Gasteiger partial charge in [0.25, 0.3) is 0 Å². The first kappa shape index (κ1) is 14.8. The lowest BCUT2D eigenvalue weighted by Gasteiger charge is -2.43. The summed E-state index contributed by atoms with van der Waals surface area (Å²) in [6.07, 6.45) is 7.56. The summed E-state index contributed by atoms with van der Waals surface area (Å²) >= 11 is 0. The Kier molecular flexibility index (Phi) is 4.97. The Morgan fingerprint density at radius 3 is 2.30 bits per heavy atom. The molecule has 0 bridgehead atoms. The van der Waals surface area contributed by atoms with Crippen molar-refractivity contribution in [2.45, 2.75) is 50.6 Å². The number of hydrogen-bond acceptors (Lipinski definition) is 4. The first-order chi connectivity index (χ1) is 9.77. The highest BCUT2D eigenvalue weighted by Gasteiger charge is 2.36. The fraction of sp³-hybridized carbons (Fsp3) is 1.00. The van der Waals surface area contributed by atoms with Crippen LogP contribution in [0.2, 0.25) is 0 Å². The minimum Gasteiger partial charge on any atom is -0.381 e. The van der Waals surface area contributed by atoms with Crippen LogP contribution in [0.3, 0.4) is 0 Å². The molecular formula is C16H30N2O2. The lowest BCUT2D eigenvalue weighted by atomic mass is 9.79. The van der Waals surface area contributed by atoms with E-state index in [1.807, 2.05) is 0 Å². The molecule has 3 fully saturated rings. The average Bonchev–Trinajstić information content (AvgIpc) is 3.31. The molecule has 3 aliphatic rings. The molecule has 116 valence electrons. The number of ether oxygens (including phenoxy) is 2. The van der Waals surface area contributed by atoms with Crippen LogP contribution < -0.4 is 5.32 Å². The maximum atomic E-state index is 5.61. The first-order valence-corrected chi connectivity index (χ1v) is 8.37. The van der Waals surface area contributed by atoms with Crippen molar-refractivity contribution in [3.63, 3.8) is 0 Å². The van der Waals surface area contributed by atoms with E-state index in [4.69, 9.17) is 9.47 Å². The van der Waals surface area contributed by atoms with E-state index in [9.17, 15) is 0 Å². The van der Waals surface area contributed by atoms with E-state index in [2.05, 4.69) is 17.3 Å². The zero-order valence-electron chi connectivity index (χ0n) is 12.9. The van der Waals surface area contributed by atoms with Crippen molar-refractivity contribution in [1.82, 2.24) is 10.2 Å². The van der Waals surface area contributed by atoms with Crippen LogP contribution in [-0.4, -0.2) is 63.5 Å². The third-order valence-corrected chi connectivity index (χ3v) is 5.30. The van der Waals surface area contributed by atoms with Crippen molar-refractivity contribution in [2.75, 3.05) is 46.6 Å². The Labute approximate surface area is 123 Å². The molecular weight excluding hydrogens is 252 g/mol. The minimum atomic E-state index is 0.424. The Balaban J connectivity index is 1.55. The summed E-state index contributed by atoms with van der Waals surface area (Å²) in [7, 11) is 2.31. The van der Waals surface area contributed by atoms with Gasteiger partial charge in [0.05, 0.1) is 0 Å². The molecule has 0 atom stereocenters. The maximum absolute atomic E-state index is 5.61. The SMILES string of the molecule is CN(CC1(CNC2CC2)CCOCC1)C1CCOCC1. The molecule has 4 nitrogen and oxygen atoms in total. The van der Waals surface area contributed by atoms with Crippen molar-refractivity contribution >= 4 is 0 Å². The molecule has 0 amide bonds. The van der Waals surface area contributed by atoms with Crippen LogP contribution in [0.15, 0.2) is 0 Å². The zero-order chi connectivity index (χ0) is 13.8. The van der Waals surface area contributed by atoms with Gasteiger partial charge in [0.1, 0.15) is 0 Å². The van der Waals surface area contributed by atoms with Gasteiger partial charge in [0, 0.05) is 51.6 Å². The Morgan fingerprint density at radius 1 is 1.00 bits per heavy atom. The number of nitrogens with zero attached hydrogens (tertiary/aromatic N) is 1. The van der Waals surface area contributed by atoms with Gasteiger partial charge in [0.2, 0.25) is 0 Å². The van der Waals surface area contributed by atoms with E-state index in [0.717, 1.165) is 32.5 Å². The van der Waals surface area contributed by atoms with Crippen LogP contribution in [-0.2, 0) is 9.47 Å². The Morgan fingerprint density at radius 2 is 1.65 bits per heavy atom. The third-order valence-electron chi connectivity index (χ3n) is 5.30. The van der Waals surface area contributed by atoms with E-state index >= 15 is 0 Å². The highest BCUT2D eigenvalue weighted by atomic mass is 16.5. The monoisotopic (exact) mass is 282 g/mol. The van der Waals surface area contributed by atoms with Crippen LogP contribution in [0.25, 0.3) is 0 Å². The lowest BCUT2D eigenvalue weighted by Crippen LogP contribution is -2.50. The summed E-state index contributed by atoms with van der Waals surface area (Å²) in [4.78, 5) is 2.60. The van der Waals surface area contributed by atoms with Crippen LogP contribution in [0, 0.1) is 5.41 Å². The highest BCUT2D eigenvalue weighted by Crippen LogP contribution is 2.33. The van der Waals surface area contributed by atoms with Gasteiger partial charge in [-0.3, -0.25) is 0 Å². The third kappa shape index (κ3) is 3.94. The topological polar surface area (TPSA) is 33.7 Å². The maximum Gasteiger partial charge on any atom is 0.0480 e. The van der Waals surface area contributed by atoms with Gasteiger partial charge in [-0.25, -0.2) is 0 Å². The number of hydrogen-bond donors (Lipinski definition) is 1. The van der Waals surface area contributed by atoms with Crippen molar-refractivity contribution < 1.29 is 9.47 Å². The van der Waals surface area contributed by atoms with E-state index in [0.29, 0.717) is 11.5 Å². The molecule has 0 unspecified atom stereocenters. The number of rotatable bonds is 6. The highest BCUT2D eigenvalue weighted by molar-refractivity contribution is 4.91. The van der Waals surface area contributed by atoms with Gasteiger partial charge in [-0.15, -0.1) is 0 Å². The summed E-state index contributed by atoms with van der Waals surface area (Å²) in [6, 6.07) is 1.52. The molecule has 1 N–H and O–H groups in total. The summed E-state index contributed by atoms with van der Waals surface area (Å²) in [5.74, 6) is 0. The van der Waals surface area contributed by atoms with E-state index in [1.165, 1.54) is 51.6 Å². The van der Waals surface area contributed by atoms with Crippen molar-refractivity contribution in [2.24, 2.45) is 5.41 Å². The summed E-state index contributed by atoms with van der Waals surface area (Å²) < 4.78 is 11.1. The second-order valence-electron chi connectivity index (χ2n) is 7.03. The van der Waals surface area contributed by atoms with Crippen LogP contribution >= 0.6 is 0 Å². The molecule has 0 aromatic heterocycles. The largest absolute Gasteiger partial charge is 0.381 e. The first-order valence-electron chi connectivity index (χ1n) is 8.37. The van der Waals surface area contributed by atoms with Crippen LogP contribution in [0.1, 0.15) is 38.5 Å². The van der Waals surface area contributed by atoms with Crippen molar-refractivity contribution in [1.29, 1.82) is 0 Å². The quantitative estimate of drug-likeness (QED) is 0.803. The van der Waals surface area contributed by atoms with E-state index in [-0.39, 0.29) is 0 Å². The van der Waals surface area contributed by atoms with E-state index < -0.39 is 0 Å². The van der Waals surface area contributed by atoms with Crippen molar-refractivity contribution in [3.8, 4) is 0 Å². The molecule has 2 saturated heterocycles. The van der Waals surface area contributed by atoms with Gasteiger partial charge >= 0.3 is 0 Å². The van der Waals surface area contributed by atoms with Crippen molar-refractivity contribution in [3.05, 3.63) is 0 Å². The zero-order valence-corrected chi connectivity index (χ0v) is 12.9. The molecule has 20 heavy (non-hydrogen) atoms. The molecule has 3 rings (SSSR count). The van der Waals surface area contributed by atoms with Gasteiger partial charge in [0.15, 0.2) is 0 Å². The predicted molar refractivity (Wildman–Crippen MR) is 80.0 cm³/mol. The summed E-state index contributed by atoms with van der Waals surface area (Å²) in [6.45, 7) is 6.13. The molecule has 1 saturated carbocycles. The average molecular weight is 282 g/mol. The molecule has 0 aromatic carbocycles. The predicted octanol–water partition coefficient (Wildman–Crippen LogP) is 1.65. The minimum absolute atomic E-state index is 0.424. The second kappa shape index (κ2) is 6.73. The molecule has 4 heteroatoms. The standard InChI is InChI=1S/C16H30N2O2/c1-18(15-4-8-19-9-5-15)13-16(6-10-20-11-7-16)12-17-14-2-3-14/h14-15,17H,2-13H2,1H3. The smallest absolute Gasteiger partial charge is 0.0480 e. The Bertz CT molecular complexity index is 295.